The number of furan rings is 1. The Morgan fingerprint density at radius 2 is 1.70 bits per heavy atom. The lowest BCUT2D eigenvalue weighted by Gasteiger charge is -2.34. The average molecular weight is 610 g/mol. The number of ketones is 2. The van der Waals surface area contributed by atoms with Crippen molar-refractivity contribution < 1.29 is 22.4 Å². The largest absolute Gasteiger partial charge is 0.451 e. The molecule has 0 radical (unpaired) electrons. The molecular weight excluding hydrogens is 558 g/mol. The number of nitrogens with zero attached hydrogens (tertiary/aromatic N) is 1. The van der Waals surface area contributed by atoms with Gasteiger partial charge in [-0.3, -0.25) is 9.59 Å². The number of Topliss-reactive ketones (excluding diaryl/α,β-unsaturated/α-hetero) is 2. The molecule has 3 rings (SSSR count). The molecule has 0 saturated heterocycles. The van der Waals surface area contributed by atoms with Crippen molar-refractivity contribution >= 4 is 32.5 Å². The van der Waals surface area contributed by atoms with Crippen molar-refractivity contribution in [3.8, 4) is 0 Å². The summed E-state index contributed by atoms with van der Waals surface area (Å²) in [5, 5.41) is 0. The van der Waals surface area contributed by atoms with Crippen LogP contribution in [0.15, 0.2) is 51.8 Å². The minimum atomic E-state index is -3.71. The van der Waals surface area contributed by atoms with E-state index in [9.17, 15) is 18.0 Å². The molecule has 236 valence electrons. The Morgan fingerprint density at radius 1 is 1.09 bits per heavy atom. The van der Waals surface area contributed by atoms with Crippen LogP contribution in [-0.4, -0.2) is 31.2 Å². The zero-order chi connectivity index (χ0) is 32.5. The number of unbranched alkanes of at least 4 members (excludes halogenated alkanes) is 1. The Kier molecular flexibility index (Phi) is 10.2. The highest BCUT2D eigenvalue weighted by Crippen LogP contribution is 2.44. The predicted molar refractivity (Wildman–Crippen MR) is 176 cm³/mol. The van der Waals surface area contributed by atoms with Gasteiger partial charge in [0.2, 0.25) is 5.78 Å². The molecule has 0 atom stereocenters. The van der Waals surface area contributed by atoms with Gasteiger partial charge in [0.05, 0.1) is 0 Å². The smallest absolute Gasteiger partial charge is 0.224 e. The molecule has 2 aromatic rings. The highest BCUT2D eigenvalue weighted by atomic mass is 32.2. The number of fused-ring (bicyclic) bond motifs is 1. The number of pyridine rings is 1. The first-order valence-electron chi connectivity index (χ1n) is 15.5. The Hall–Kier alpha value is -2.80. The SMILES string of the molecule is C=C(C(=O)c1cc2nc(C3CCC(C)(C)CC3)cc(C(C)(C)C)c2o1)C(C)(C)C/C=C(/CCCC)C(=O)C(=C)S(C)(=O)=O. The van der Waals surface area contributed by atoms with Gasteiger partial charge < -0.3 is 4.42 Å². The fourth-order valence-corrected chi connectivity index (χ4v) is 6.06. The molecule has 0 N–H and O–H groups in total. The standard InChI is InChI=1S/C36H51NO5S/c1-12-13-14-26(32(39)24(3)43(11,40)41)17-20-36(9,10)23(2)31(38)30-22-29-33(42-30)27(34(4,5)6)21-28(37-29)25-15-18-35(7,8)19-16-25/h17,21-22,25H,2-3,12-16,18-20H2,1,4-11H3/b26-17-. The van der Waals surface area contributed by atoms with Crippen LogP contribution < -0.4 is 0 Å². The molecule has 6 nitrogen and oxygen atoms in total. The van der Waals surface area contributed by atoms with E-state index in [0.29, 0.717) is 46.4 Å². The first-order valence-corrected chi connectivity index (χ1v) is 17.4. The van der Waals surface area contributed by atoms with E-state index in [4.69, 9.17) is 9.40 Å². The summed E-state index contributed by atoms with van der Waals surface area (Å²) in [5.74, 6) is -0.292. The summed E-state index contributed by atoms with van der Waals surface area (Å²) in [6, 6.07) is 3.92. The Balaban J connectivity index is 1.93. The normalized spacial score (nSPS) is 16.8. The van der Waals surface area contributed by atoms with Crippen LogP contribution in [0.1, 0.15) is 134 Å². The zero-order valence-electron chi connectivity index (χ0n) is 27.8. The van der Waals surface area contributed by atoms with Crippen LogP contribution in [0.25, 0.3) is 11.1 Å². The average Bonchev–Trinajstić information content (AvgIpc) is 3.34. The van der Waals surface area contributed by atoms with Crippen molar-refractivity contribution in [2.24, 2.45) is 10.8 Å². The Bertz CT molecular complexity index is 1550. The molecule has 0 unspecified atom stereocenters. The fraction of sp³-hybridized carbons (Fsp3) is 0.583. The zero-order valence-corrected chi connectivity index (χ0v) is 28.6. The van der Waals surface area contributed by atoms with Crippen LogP contribution in [0.3, 0.4) is 0 Å². The van der Waals surface area contributed by atoms with Crippen molar-refractivity contribution in [1.82, 2.24) is 4.98 Å². The molecule has 7 heteroatoms. The van der Waals surface area contributed by atoms with Gasteiger partial charge in [-0.25, -0.2) is 13.4 Å². The van der Waals surface area contributed by atoms with Crippen LogP contribution >= 0.6 is 0 Å². The van der Waals surface area contributed by atoms with Crippen LogP contribution in [0.4, 0.5) is 0 Å². The second-order valence-electron chi connectivity index (χ2n) is 14.9. The number of allylic oxidation sites excluding steroid dienone is 4. The lowest BCUT2D eigenvalue weighted by atomic mass is 9.72. The highest BCUT2D eigenvalue weighted by molar-refractivity contribution is 7.95. The van der Waals surface area contributed by atoms with E-state index in [1.165, 1.54) is 0 Å². The molecule has 0 aromatic carbocycles. The van der Waals surface area contributed by atoms with Gasteiger partial charge in [-0.2, -0.15) is 0 Å². The molecule has 1 saturated carbocycles. The van der Waals surface area contributed by atoms with Gasteiger partial charge in [0.1, 0.15) is 10.4 Å². The molecule has 0 bridgehead atoms. The van der Waals surface area contributed by atoms with Crippen molar-refractivity contribution in [2.75, 3.05) is 6.26 Å². The number of aromatic nitrogens is 1. The number of rotatable bonds is 12. The lowest BCUT2D eigenvalue weighted by Crippen LogP contribution is -2.21. The van der Waals surface area contributed by atoms with Crippen LogP contribution in [0, 0.1) is 10.8 Å². The third-order valence-corrected chi connectivity index (χ3v) is 10.1. The molecule has 0 aliphatic heterocycles. The minimum Gasteiger partial charge on any atom is -0.451 e. The molecular formula is C36H51NO5S. The molecule has 2 aromatic heterocycles. The quantitative estimate of drug-likeness (QED) is 0.176. The first-order chi connectivity index (χ1) is 19.7. The summed E-state index contributed by atoms with van der Waals surface area (Å²) in [7, 11) is -3.71. The van der Waals surface area contributed by atoms with E-state index in [2.05, 4.69) is 53.8 Å². The fourth-order valence-electron chi connectivity index (χ4n) is 5.60. The maximum Gasteiger partial charge on any atom is 0.224 e. The maximum atomic E-state index is 13.8. The van der Waals surface area contributed by atoms with Gasteiger partial charge in [-0.05, 0) is 72.8 Å². The molecule has 0 amide bonds. The lowest BCUT2D eigenvalue weighted by molar-refractivity contribution is -0.111. The summed E-state index contributed by atoms with van der Waals surface area (Å²) in [6.07, 6.45) is 9.58. The van der Waals surface area contributed by atoms with Crippen LogP contribution in [-0.2, 0) is 20.0 Å². The number of carbonyl (C=O) groups excluding carboxylic acids is 2. The molecule has 43 heavy (non-hydrogen) atoms. The van der Waals surface area contributed by atoms with Gasteiger partial charge in [0, 0.05) is 35.1 Å². The van der Waals surface area contributed by atoms with Crippen molar-refractivity contribution in [3.63, 3.8) is 0 Å². The molecule has 2 heterocycles. The summed E-state index contributed by atoms with van der Waals surface area (Å²) in [5.41, 5.74) is 3.59. The summed E-state index contributed by atoms with van der Waals surface area (Å²) in [6.45, 7) is 24.5. The first kappa shape index (κ1) is 34.7. The van der Waals surface area contributed by atoms with E-state index in [-0.39, 0.29) is 17.0 Å². The number of sulfone groups is 1. The number of hydrogen-bond donors (Lipinski definition) is 0. The van der Waals surface area contributed by atoms with Gasteiger partial charge in [0.25, 0.3) is 0 Å². The topological polar surface area (TPSA) is 94.3 Å². The van der Waals surface area contributed by atoms with Crippen LogP contribution in [0.2, 0.25) is 0 Å². The van der Waals surface area contributed by atoms with Crippen molar-refractivity contribution in [3.05, 3.63) is 64.4 Å². The second kappa shape index (κ2) is 12.7. The summed E-state index contributed by atoms with van der Waals surface area (Å²) < 4.78 is 30.2. The Labute approximate surface area is 259 Å². The van der Waals surface area contributed by atoms with E-state index >= 15 is 0 Å². The van der Waals surface area contributed by atoms with Gasteiger partial charge in [0.15, 0.2) is 27.0 Å². The predicted octanol–water partition coefficient (Wildman–Crippen LogP) is 9.21. The molecule has 0 spiro atoms. The Morgan fingerprint density at radius 3 is 2.23 bits per heavy atom. The van der Waals surface area contributed by atoms with Gasteiger partial charge in [-0.15, -0.1) is 0 Å². The van der Waals surface area contributed by atoms with Gasteiger partial charge >= 0.3 is 0 Å². The van der Waals surface area contributed by atoms with Crippen molar-refractivity contribution in [1.29, 1.82) is 0 Å². The van der Waals surface area contributed by atoms with E-state index < -0.39 is 25.9 Å². The third-order valence-electron chi connectivity index (χ3n) is 9.03. The third kappa shape index (κ3) is 8.23. The number of hydrogen-bond acceptors (Lipinski definition) is 6. The van der Waals surface area contributed by atoms with Crippen molar-refractivity contribution in [2.45, 2.75) is 118 Å². The minimum absolute atomic E-state index is 0.199. The maximum absolute atomic E-state index is 13.8. The number of carbonyl (C=O) groups is 2. The second-order valence-corrected chi connectivity index (χ2v) is 16.9. The monoisotopic (exact) mass is 609 g/mol. The molecule has 1 aliphatic carbocycles. The van der Waals surface area contributed by atoms with Crippen LogP contribution in [0.5, 0.6) is 0 Å². The highest BCUT2D eigenvalue weighted by Gasteiger charge is 2.33. The van der Waals surface area contributed by atoms with Gasteiger partial charge in [-0.1, -0.05) is 81.0 Å². The molecule has 1 fully saturated rings. The summed E-state index contributed by atoms with van der Waals surface area (Å²) >= 11 is 0. The van der Waals surface area contributed by atoms with E-state index in [1.807, 2.05) is 20.8 Å². The molecule has 1 aliphatic rings. The summed E-state index contributed by atoms with van der Waals surface area (Å²) in [4.78, 5) is 31.3. The van der Waals surface area contributed by atoms with E-state index in [1.54, 1.807) is 12.1 Å². The van der Waals surface area contributed by atoms with E-state index in [0.717, 1.165) is 56.0 Å².